The summed E-state index contributed by atoms with van der Waals surface area (Å²) in [5.74, 6) is 0. The molecule has 0 aliphatic heterocycles. The number of benzene rings is 2. The molecule has 0 bridgehead atoms. The Morgan fingerprint density at radius 1 is 1.13 bits per heavy atom. The van der Waals surface area contributed by atoms with E-state index in [9.17, 15) is 4.79 Å². The van der Waals surface area contributed by atoms with Gasteiger partial charge >= 0.3 is 6.03 Å². The number of hydrogen-bond acceptors (Lipinski definition) is 2. The Balaban J connectivity index is 2.09. The van der Waals surface area contributed by atoms with Gasteiger partial charge in [-0.05, 0) is 51.0 Å². The molecule has 0 radical (unpaired) electrons. The van der Waals surface area contributed by atoms with Crippen LogP contribution in [-0.4, -0.2) is 6.03 Å². The molecule has 0 heterocycles. The van der Waals surface area contributed by atoms with Crippen LogP contribution in [0, 0.1) is 6.92 Å². The number of urea groups is 1. The maximum absolute atomic E-state index is 12.3. The van der Waals surface area contributed by atoms with Crippen molar-refractivity contribution in [3.8, 4) is 0 Å². The van der Waals surface area contributed by atoms with E-state index in [2.05, 4.69) is 10.6 Å². The molecule has 0 saturated heterocycles. The Hall–Kier alpha value is -2.33. The first kappa shape index (κ1) is 17.0. The van der Waals surface area contributed by atoms with Gasteiger partial charge in [0.1, 0.15) is 0 Å². The summed E-state index contributed by atoms with van der Waals surface area (Å²) >= 11 is 0. The van der Waals surface area contributed by atoms with Crippen LogP contribution in [0.3, 0.4) is 0 Å². The maximum atomic E-state index is 12.3. The van der Waals surface area contributed by atoms with Gasteiger partial charge in [-0.1, -0.05) is 42.0 Å². The van der Waals surface area contributed by atoms with Gasteiger partial charge in [0.2, 0.25) is 0 Å². The highest BCUT2D eigenvalue weighted by Gasteiger charge is 2.23. The van der Waals surface area contributed by atoms with E-state index in [4.69, 9.17) is 5.73 Å². The molecule has 0 aromatic heterocycles. The average Bonchev–Trinajstić information content (AvgIpc) is 2.49. The minimum absolute atomic E-state index is 0.0351. The summed E-state index contributed by atoms with van der Waals surface area (Å²) in [6.45, 7) is 7.91. The predicted octanol–water partition coefficient (Wildman–Crippen LogP) is 4.07. The van der Waals surface area contributed by atoms with Crippen molar-refractivity contribution in [3.63, 3.8) is 0 Å². The molecule has 0 aliphatic rings. The van der Waals surface area contributed by atoms with Gasteiger partial charge in [0, 0.05) is 11.7 Å². The number of aryl methyl sites for hydroxylation is 1. The molecule has 2 amide bonds. The normalized spacial score (nSPS) is 12.6. The van der Waals surface area contributed by atoms with Crippen molar-refractivity contribution in [2.45, 2.75) is 39.3 Å². The van der Waals surface area contributed by atoms with E-state index in [0.717, 1.165) is 22.4 Å². The summed E-state index contributed by atoms with van der Waals surface area (Å²) < 4.78 is 0. The lowest BCUT2D eigenvalue weighted by molar-refractivity contribution is 0.242. The van der Waals surface area contributed by atoms with Crippen molar-refractivity contribution in [1.82, 2.24) is 5.32 Å². The lowest BCUT2D eigenvalue weighted by atomic mass is 9.92. The molecular formula is C19H25N3O. The number of nitrogens with one attached hydrogen (secondary N) is 2. The van der Waals surface area contributed by atoms with Crippen LogP contribution in [0.25, 0.3) is 0 Å². The minimum atomic E-state index is -0.500. The van der Waals surface area contributed by atoms with Gasteiger partial charge in [-0.2, -0.15) is 0 Å². The standard InChI is InChI=1S/C19H25N3O/c1-13-8-10-17(11-9-13)21-18(23)22-19(3,4)16-7-5-6-15(12-16)14(2)20/h5-12,14H,20H2,1-4H3,(H2,21,22,23). The molecule has 23 heavy (non-hydrogen) atoms. The number of anilines is 1. The summed E-state index contributed by atoms with van der Waals surface area (Å²) in [7, 11) is 0. The fraction of sp³-hybridized carbons (Fsp3) is 0.316. The first-order chi connectivity index (χ1) is 10.8. The average molecular weight is 311 g/mol. The summed E-state index contributed by atoms with van der Waals surface area (Å²) in [5.41, 5.74) is 9.44. The van der Waals surface area contributed by atoms with Crippen LogP contribution in [0.1, 0.15) is 43.5 Å². The Morgan fingerprint density at radius 3 is 2.39 bits per heavy atom. The molecule has 122 valence electrons. The molecule has 1 atom stereocenters. The second-order valence-electron chi connectivity index (χ2n) is 6.48. The second-order valence-corrected chi connectivity index (χ2v) is 6.48. The van der Waals surface area contributed by atoms with Gasteiger partial charge in [-0.15, -0.1) is 0 Å². The first-order valence-corrected chi connectivity index (χ1v) is 7.80. The van der Waals surface area contributed by atoms with Crippen LogP contribution in [0.4, 0.5) is 10.5 Å². The van der Waals surface area contributed by atoms with Crippen molar-refractivity contribution >= 4 is 11.7 Å². The largest absolute Gasteiger partial charge is 0.329 e. The molecule has 1 unspecified atom stereocenters. The Bertz CT molecular complexity index is 675. The fourth-order valence-corrected chi connectivity index (χ4v) is 2.37. The monoisotopic (exact) mass is 311 g/mol. The van der Waals surface area contributed by atoms with Crippen LogP contribution in [0.15, 0.2) is 48.5 Å². The summed E-state index contributed by atoms with van der Waals surface area (Å²) in [4.78, 5) is 12.3. The zero-order valence-electron chi connectivity index (χ0n) is 14.2. The van der Waals surface area contributed by atoms with E-state index < -0.39 is 5.54 Å². The number of nitrogens with two attached hydrogens (primary N) is 1. The zero-order chi connectivity index (χ0) is 17.0. The van der Waals surface area contributed by atoms with Crippen molar-refractivity contribution < 1.29 is 4.79 Å². The summed E-state index contributed by atoms with van der Waals surface area (Å²) in [6, 6.07) is 15.4. The Kier molecular flexibility index (Phi) is 5.06. The molecule has 0 aliphatic carbocycles. The zero-order valence-corrected chi connectivity index (χ0v) is 14.2. The number of hydrogen-bond donors (Lipinski definition) is 3. The molecule has 2 rings (SSSR count). The SMILES string of the molecule is Cc1ccc(NC(=O)NC(C)(C)c2cccc(C(C)N)c2)cc1. The van der Waals surface area contributed by atoms with Gasteiger partial charge in [0.25, 0.3) is 0 Å². The number of carbonyl (C=O) groups excluding carboxylic acids is 1. The van der Waals surface area contributed by atoms with Crippen molar-refractivity contribution in [3.05, 3.63) is 65.2 Å². The van der Waals surface area contributed by atoms with Crippen LogP contribution in [0.5, 0.6) is 0 Å². The highest BCUT2D eigenvalue weighted by molar-refractivity contribution is 5.89. The third kappa shape index (κ3) is 4.57. The molecule has 0 spiro atoms. The van der Waals surface area contributed by atoms with E-state index in [1.54, 1.807) is 0 Å². The lowest BCUT2D eigenvalue weighted by Crippen LogP contribution is -2.43. The Morgan fingerprint density at radius 2 is 1.78 bits per heavy atom. The van der Waals surface area contributed by atoms with Gasteiger partial charge < -0.3 is 16.4 Å². The van der Waals surface area contributed by atoms with Gasteiger partial charge in [0.05, 0.1) is 5.54 Å². The van der Waals surface area contributed by atoms with Crippen LogP contribution in [0.2, 0.25) is 0 Å². The van der Waals surface area contributed by atoms with Crippen LogP contribution < -0.4 is 16.4 Å². The first-order valence-electron chi connectivity index (χ1n) is 7.80. The maximum Gasteiger partial charge on any atom is 0.319 e. The molecule has 0 fully saturated rings. The summed E-state index contributed by atoms with van der Waals surface area (Å²) in [6.07, 6.45) is 0. The minimum Gasteiger partial charge on any atom is -0.329 e. The van der Waals surface area contributed by atoms with E-state index in [0.29, 0.717) is 0 Å². The predicted molar refractivity (Wildman–Crippen MR) is 95.4 cm³/mol. The van der Waals surface area contributed by atoms with E-state index in [-0.39, 0.29) is 12.1 Å². The molecule has 4 N–H and O–H groups in total. The summed E-state index contributed by atoms with van der Waals surface area (Å²) in [5, 5.41) is 5.87. The molecule has 2 aromatic rings. The third-order valence-electron chi connectivity index (χ3n) is 3.87. The molecule has 4 nitrogen and oxygen atoms in total. The molecule has 0 saturated carbocycles. The molecular weight excluding hydrogens is 286 g/mol. The lowest BCUT2D eigenvalue weighted by Gasteiger charge is -2.28. The highest BCUT2D eigenvalue weighted by atomic mass is 16.2. The van der Waals surface area contributed by atoms with Gasteiger partial charge in [-0.3, -0.25) is 0 Å². The quantitative estimate of drug-likeness (QED) is 0.796. The number of rotatable bonds is 4. The van der Waals surface area contributed by atoms with Crippen LogP contribution in [-0.2, 0) is 5.54 Å². The van der Waals surface area contributed by atoms with Crippen LogP contribution >= 0.6 is 0 Å². The van der Waals surface area contributed by atoms with Crippen molar-refractivity contribution in [1.29, 1.82) is 0 Å². The molecule has 4 heteroatoms. The van der Waals surface area contributed by atoms with Gasteiger partial charge in [0.15, 0.2) is 0 Å². The molecule has 2 aromatic carbocycles. The highest BCUT2D eigenvalue weighted by Crippen LogP contribution is 2.23. The van der Waals surface area contributed by atoms with E-state index in [1.165, 1.54) is 0 Å². The third-order valence-corrected chi connectivity index (χ3v) is 3.87. The second kappa shape index (κ2) is 6.84. The number of carbonyl (C=O) groups is 1. The van der Waals surface area contributed by atoms with E-state index in [1.807, 2.05) is 76.2 Å². The van der Waals surface area contributed by atoms with Gasteiger partial charge in [-0.25, -0.2) is 4.79 Å². The smallest absolute Gasteiger partial charge is 0.319 e. The fourth-order valence-electron chi connectivity index (χ4n) is 2.37. The van der Waals surface area contributed by atoms with Crippen molar-refractivity contribution in [2.75, 3.05) is 5.32 Å². The Labute approximate surface area is 138 Å². The van der Waals surface area contributed by atoms with E-state index >= 15 is 0 Å². The number of amides is 2. The topological polar surface area (TPSA) is 67.2 Å². The van der Waals surface area contributed by atoms with Crippen molar-refractivity contribution in [2.24, 2.45) is 5.73 Å².